The van der Waals surface area contributed by atoms with Gasteiger partial charge < -0.3 is 5.41 Å². The van der Waals surface area contributed by atoms with Crippen molar-refractivity contribution in [3.05, 3.63) is 0 Å². The summed E-state index contributed by atoms with van der Waals surface area (Å²) in [6, 6.07) is 0. The Morgan fingerprint density at radius 1 is 1.58 bits per heavy atom. The predicted molar refractivity (Wildman–Crippen MR) is 53.9 cm³/mol. The van der Waals surface area contributed by atoms with Crippen LogP contribution in [0, 0.1) is 11.3 Å². The Bertz CT molecular complexity index is 138. The Kier molecular flexibility index (Phi) is 7.16. The van der Waals surface area contributed by atoms with Crippen molar-refractivity contribution in [2.75, 3.05) is 0 Å². The van der Waals surface area contributed by atoms with Gasteiger partial charge >= 0.3 is 11.7 Å². The lowest BCUT2D eigenvalue weighted by molar-refractivity contribution is 0.510. The summed E-state index contributed by atoms with van der Waals surface area (Å²) in [6.45, 7) is 4.20. The van der Waals surface area contributed by atoms with Crippen LogP contribution in [-0.2, 0) is 15.9 Å². The van der Waals surface area contributed by atoms with Crippen LogP contribution in [0.3, 0.4) is 0 Å². The second kappa shape index (κ2) is 7.35. The zero-order chi connectivity index (χ0) is 9.40. The minimum Gasteiger partial charge on any atom is -0.313 e. The molecule has 0 aromatic heterocycles. The standard InChI is InChI=1S/C9H18NOS/c1-3-4-9(12-11)7-8(2)5-6-10/h6,8-10H,3-5,7H2,1-2H3/q+1. The minimum absolute atomic E-state index is 0.255. The first-order valence-electron chi connectivity index (χ1n) is 4.52. The molecule has 0 saturated heterocycles. The molecule has 3 heteroatoms. The highest BCUT2D eigenvalue weighted by Crippen LogP contribution is 2.14. The third-order valence-corrected chi connectivity index (χ3v) is 2.63. The zero-order valence-corrected chi connectivity index (χ0v) is 8.69. The maximum absolute atomic E-state index is 10.6. The minimum atomic E-state index is 0.255. The average Bonchev–Trinajstić information content (AvgIpc) is 2.04. The van der Waals surface area contributed by atoms with Gasteiger partial charge in [-0.15, -0.1) is 0 Å². The summed E-state index contributed by atoms with van der Waals surface area (Å²) < 4.78 is 10.6. The third-order valence-electron chi connectivity index (χ3n) is 1.93. The van der Waals surface area contributed by atoms with E-state index in [1.165, 1.54) is 6.21 Å². The van der Waals surface area contributed by atoms with E-state index in [0.717, 1.165) is 37.3 Å². The van der Waals surface area contributed by atoms with Crippen LogP contribution in [0.25, 0.3) is 0 Å². The molecule has 2 unspecified atom stereocenters. The van der Waals surface area contributed by atoms with E-state index in [9.17, 15) is 4.21 Å². The van der Waals surface area contributed by atoms with Gasteiger partial charge in [0.25, 0.3) is 0 Å². The number of hydrogen-bond acceptors (Lipinski definition) is 2. The molecule has 1 N–H and O–H groups in total. The molecule has 0 aromatic carbocycles. The smallest absolute Gasteiger partial charge is 0.313 e. The molecule has 0 bridgehead atoms. The summed E-state index contributed by atoms with van der Waals surface area (Å²) in [5, 5.41) is 7.18. The van der Waals surface area contributed by atoms with E-state index in [2.05, 4.69) is 13.8 Å². The molecule has 0 spiro atoms. The van der Waals surface area contributed by atoms with Crippen LogP contribution >= 0.6 is 0 Å². The normalized spacial score (nSPS) is 15.2. The molecule has 0 heterocycles. The number of hydrogen-bond donors (Lipinski definition) is 1. The molecule has 0 radical (unpaired) electrons. The molecule has 2 nitrogen and oxygen atoms in total. The predicted octanol–water partition coefficient (Wildman–Crippen LogP) is 2.65. The molecule has 0 amide bonds. The van der Waals surface area contributed by atoms with Gasteiger partial charge in [-0.1, -0.05) is 20.3 Å². The summed E-state index contributed by atoms with van der Waals surface area (Å²) in [6.07, 6.45) is 5.29. The Balaban J connectivity index is 3.67. The topological polar surface area (TPSA) is 40.9 Å². The molecule has 12 heavy (non-hydrogen) atoms. The molecule has 0 aromatic rings. The van der Waals surface area contributed by atoms with Crippen LogP contribution in [0.1, 0.15) is 39.5 Å². The van der Waals surface area contributed by atoms with Gasteiger partial charge in [0.2, 0.25) is 5.25 Å². The molecule has 2 atom stereocenters. The maximum Gasteiger partial charge on any atom is 0.462 e. The van der Waals surface area contributed by atoms with Crippen molar-refractivity contribution in [3.8, 4) is 0 Å². The molecular weight excluding hydrogens is 170 g/mol. The van der Waals surface area contributed by atoms with Gasteiger partial charge in [0.05, 0.1) is 0 Å². The molecule has 0 fully saturated rings. The van der Waals surface area contributed by atoms with E-state index in [4.69, 9.17) is 5.41 Å². The highest BCUT2D eigenvalue weighted by molar-refractivity contribution is 7.66. The quantitative estimate of drug-likeness (QED) is 0.484. The molecular formula is C9H18NOS+. The van der Waals surface area contributed by atoms with Gasteiger partial charge in [-0.25, -0.2) is 0 Å². The van der Waals surface area contributed by atoms with Crippen molar-refractivity contribution < 1.29 is 4.21 Å². The van der Waals surface area contributed by atoms with Crippen molar-refractivity contribution >= 4 is 17.9 Å². The molecule has 0 aliphatic carbocycles. The van der Waals surface area contributed by atoms with Gasteiger partial charge in [0, 0.05) is 17.1 Å². The second-order valence-corrected chi connectivity index (χ2v) is 4.15. The lowest BCUT2D eigenvalue weighted by Crippen LogP contribution is -2.11. The Morgan fingerprint density at radius 3 is 2.67 bits per heavy atom. The number of rotatable bonds is 7. The van der Waals surface area contributed by atoms with Crippen molar-refractivity contribution in [3.63, 3.8) is 0 Å². The summed E-state index contributed by atoms with van der Waals surface area (Å²) in [7, 11) is 0. The lowest BCUT2D eigenvalue weighted by Gasteiger charge is -2.05. The Hall–Kier alpha value is -0.310. The molecule has 70 valence electrons. The fraction of sp³-hybridized carbons (Fsp3) is 0.889. The van der Waals surface area contributed by atoms with Crippen LogP contribution in [0.2, 0.25) is 0 Å². The zero-order valence-electron chi connectivity index (χ0n) is 7.88. The maximum atomic E-state index is 10.6. The van der Waals surface area contributed by atoms with E-state index < -0.39 is 0 Å². The first-order chi connectivity index (χ1) is 5.74. The Morgan fingerprint density at radius 2 is 2.25 bits per heavy atom. The van der Waals surface area contributed by atoms with Crippen LogP contribution < -0.4 is 0 Å². The summed E-state index contributed by atoms with van der Waals surface area (Å²) in [5.41, 5.74) is 0. The fourth-order valence-corrected chi connectivity index (χ4v) is 2.01. The van der Waals surface area contributed by atoms with E-state index in [1.807, 2.05) is 0 Å². The van der Waals surface area contributed by atoms with E-state index in [0.29, 0.717) is 5.92 Å². The first-order valence-corrected chi connectivity index (χ1v) is 5.32. The SMILES string of the molecule is CCCC(CC(C)CC=N)[S+]=O. The van der Waals surface area contributed by atoms with Gasteiger partial charge in [-0.05, 0) is 18.6 Å². The van der Waals surface area contributed by atoms with Crippen molar-refractivity contribution in [2.45, 2.75) is 44.8 Å². The summed E-state index contributed by atoms with van der Waals surface area (Å²) >= 11 is 0.724. The first kappa shape index (κ1) is 11.7. The van der Waals surface area contributed by atoms with Crippen molar-refractivity contribution in [1.29, 1.82) is 5.41 Å². The van der Waals surface area contributed by atoms with Gasteiger partial charge in [0.15, 0.2) is 0 Å². The van der Waals surface area contributed by atoms with Crippen LogP contribution in [-0.4, -0.2) is 11.5 Å². The van der Waals surface area contributed by atoms with E-state index >= 15 is 0 Å². The van der Waals surface area contributed by atoms with Gasteiger partial charge in [-0.2, -0.15) is 0 Å². The number of nitrogens with one attached hydrogen (secondary N) is 1. The summed E-state index contributed by atoms with van der Waals surface area (Å²) in [4.78, 5) is 0. The molecule has 0 saturated carbocycles. The molecule has 0 aliphatic heterocycles. The van der Waals surface area contributed by atoms with Gasteiger partial charge in [-0.3, -0.25) is 0 Å². The highest BCUT2D eigenvalue weighted by atomic mass is 32.1. The van der Waals surface area contributed by atoms with E-state index in [-0.39, 0.29) is 5.25 Å². The molecule has 0 aliphatic rings. The fourth-order valence-electron chi connectivity index (χ4n) is 1.27. The highest BCUT2D eigenvalue weighted by Gasteiger charge is 2.22. The summed E-state index contributed by atoms with van der Waals surface area (Å²) in [5.74, 6) is 0.487. The monoisotopic (exact) mass is 188 g/mol. The van der Waals surface area contributed by atoms with Crippen molar-refractivity contribution in [1.82, 2.24) is 0 Å². The van der Waals surface area contributed by atoms with E-state index in [1.54, 1.807) is 0 Å². The van der Waals surface area contributed by atoms with Gasteiger partial charge in [0.1, 0.15) is 0 Å². The lowest BCUT2D eigenvalue weighted by atomic mass is 10.0. The molecule has 0 rings (SSSR count). The van der Waals surface area contributed by atoms with Crippen LogP contribution in [0.15, 0.2) is 0 Å². The van der Waals surface area contributed by atoms with Crippen LogP contribution in [0.4, 0.5) is 0 Å². The average molecular weight is 188 g/mol. The van der Waals surface area contributed by atoms with Crippen LogP contribution in [0.5, 0.6) is 0 Å². The Labute approximate surface area is 78.8 Å². The largest absolute Gasteiger partial charge is 0.462 e. The third kappa shape index (κ3) is 5.35. The van der Waals surface area contributed by atoms with Crippen molar-refractivity contribution in [2.24, 2.45) is 5.92 Å². The second-order valence-electron chi connectivity index (χ2n) is 3.29.